The number of nitro groups is 1. The fourth-order valence-electron chi connectivity index (χ4n) is 2.44. The van der Waals surface area contributed by atoms with Crippen LogP contribution in [0.3, 0.4) is 0 Å². The van der Waals surface area contributed by atoms with Crippen LogP contribution < -0.4 is 0 Å². The number of rotatable bonds is 3. The monoisotopic (exact) mass is 327 g/mol. The predicted molar refractivity (Wildman–Crippen MR) is 78.2 cm³/mol. The first-order chi connectivity index (χ1) is 8.97. The normalized spacial score (nSPS) is 21.5. The van der Waals surface area contributed by atoms with Gasteiger partial charge in [0.1, 0.15) is 0 Å². The van der Waals surface area contributed by atoms with E-state index in [0.717, 1.165) is 31.7 Å². The molecule has 0 bridgehead atoms. The van der Waals surface area contributed by atoms with Crippen LogP contribution in [0.25, 0.3) is 0 Å². The molecule has 1 aromatic rings. The van der Waals surface area contributed by atoms with Crippen molar-refractivity contribution in [3.63, 3.8) is 0 Å². The minimum Gasteiger partial charge on any atom is -0.304 e. The van der Waals surface area contributed by atoms with Gasteiger partial charge in [-0.3, -0.25) is 15.0 Å². The van der Waals surface area contributed by atoms with Crippen LogP contribution in [-0.2, 0) is 6.54 Å². The third kappa shape index (κ3) is 3.52. The number of hydrogen-bond acceptors (Lipinski definition) is 4. The highest BCUT2D eigenvalue weighted by Crippen LogP contribution is 2.26. The lowest BCUT2D eigenvalue weighted by atomic mass is 10.1. The van der Waals surface area contributed by atoms with Gasteiger partial charge in [0.2, 0.25) is 0 Å². The molecule has 0 radical (unpaired) electrons. The summed E-state index contributed by atoms with van der Waals surface area (Å²) in [4.78, 5) is 15.3. The minimum atomic E-state index is -0.346. The summed E-state index contributed by atoms with van der Waals surface area (Å²) in [6.07, 6.45) is 0. The van der Waals surface area contributed by atoms with Crippen molar-refractivity contribution in [3.8, 4) is 0 Å². The number of hydrogen-bond donors (Lipinski definition) is 0. The molecule has 0 aliphatic carbocycles. The number of nitrogens with zero attached hydrogens (tertiary/aromatic N) is 3. The summed E-state index contributed by atoms with van der Waals surface area (Å²) >= 11 is 3.21. The molecular weight excluding hydrogens is 310 g/mol. The van der Waals surface area contributed by atoms with E-state index >= 15 is 0 Å². The molecule has 19 heavy (non-hydrogen) atoms. The van der Waals surface area contributed by atoms with E-state index in [1.165, 1.54) is 0 Å². The van der Waals surface area contributed by atoms with Crippen molar-refractivity contribution in [2.75, 3.05) is 26.7 Å². The Morgan fingerprint density at radius 2 is 2.21 bits per heavy atom. The molecule has 0 aromatic heterocycles. The Bertz CT molecular complexity index is 481. The van der Waals surface area contributed by atoms with E-state index in [0.29, 0.717) is 10.5 Å². The third-order valence-corrected chi connectivity index (χ3v) is 4.23. The second-order valence-corrected chi connectivity index (χ2v) is 5.98. The quantitative estimate of drug-likeness (QED) is 0.632. The van der Waals surface area contributed by atoms with Gasteiger partial charge in [-0.25, -0.2) is 0 Å². The van der Waals surface area contributed by atoms with Gasteiger partial charge in [0.25, 0.3) is 5.69 Å². The summed E-state index contributed by atoms with van der Waals surface area (Å²) in [6, 6.07) is 5.84. The molecular formula is C13H18BrN3O2. The lowest BCUT2D eigenvalue weighted by Crippen LogP contribution is -2.49. The Balaban J connectivity index is 2.11. The standard InChI is InChI=1S/C13H18BrN3O2/c1-10-8-15(2)5-6-16(10)9-11-3-4-12(14)13(7-11)17(18)19/h3-4,7,10H,5-6,8-9H2,1-2H3. The Labute approximate surface area is 121 Å². The maximum Gasteiger partial charge on any atom is 0.283 e. The Kier molecular flexibility index (Phi) is 4.54. The van der Waals surface area contributed by atoms with Crippen molar-refractivity contribution in [2.45, 2.75) is 19.5 Å². The van der Waals surface area contributed by atoms with E-state index in [9.17, 15) is 10.1 Å². The zero-order chi connectivity index (χ0) is 14.0. The van der Waals surface area contributed by atoms with Gasteiger partial charge in [0.05, 0.1) is 9.40 Å². The van der Waals surface area contributed by atoms with E-state index < -0.39 is 0 Å². The molecule has 0 saturated carbocycles. The summed E-state index contributed by atoms with van der Waals surface area (Å²) in [5.74, 6) is 0. The van der Waals surface area contributed by atoms with Crippen molar-refractivity contribution >= 4 is 21.6 Å². The van der Waals surface area contributed by atoms with E-state index in [1.54, 1.807) is 12.1 Å². The fourth-order valence-corrected chi connectivity index (χ4v) is 2.83. The SMILES string of the molecule is CC1CN(C)CCN1Cc1ccc(Br)c([N+](=O)[O-])c1. The lowest BCUT2D eigenvalue weighted by Gasteiger charge is -2.38. The van der Waals surface area contributed by atoms with Gasteiger partial charge >= 0.3 is 0 Å². The first-order valence-corrected chi connectivity index (χ1v) is 7.12. The first kappa shape index (κ1) is 14.4. The molecule has 1 heterocycles. The molecule has 1 unspecified atom stereocenters. The average molecular weight is 328 g/mol. The maximum atomic E-state index is 10.9. The van der Waals surface area contributed by atoms with Gasteiger partial charge in [-0.15, -0.1) is 0 Å². The van der Waals surface area contributed by atoms with Crippen LogP contribution in [0.4, 0.5) is 5.69 Å². The highest BCUT2D eigenvalue weighted by atomic mass is 79.9. The van der Waals surface area contributed by atoms with Crippen LogP contribution in [0.2, 0.25) is 0 Å². The molecule has 5 nitrogen and oxygen atoms in total. The molecule has 1 aliphatic heterocycles. The van der Waals surface area contributed by atoms with Crippen molar-refractivity contribution in [1.29, 1.82) is 0 Å². The molecule has 1 saturated heterocycles. The highest BCUT2D eigenvalue weighted by molar-refractivity contribution is 9.10. The average Bonchev–Trinajstić information content (AvgIpc) is 2.34. The zero-order valence-corrected chi connectivity index (χ0v) is 12.8. The van der Waals surface area contributed by atoms with Gasteiger partial charge in [-0.1, -0.05) is 6.07 Å². The number of piperazine rings is 1. The molecule has 1 atom stereocenters. The van der Waals surface area contributed by atoms with Crippen LogP contribution in [0.5, 0.6) is 0 Å². The van der Waals surface area contributed by atoms with Crippen molar-refractivity contribution in [1.82, 2.24) is 9.80 Å². The van der Waals surface area contributed by atoms with Crippen molar-refractivity contribution < 1.29 is 4.92 Å². The van der Waals surface area contributed by atoms with Gasteiger partial charge in [0.15, 0.2) is 0 Å². The molecule has 0 spiro atoms. The number of halogens is 1. The predicted octanol–water partition coefficient (Wildman–Crippen LogP) is 2.49. The minimum absolute atomic E-state index is 0.138. The molecule has 0 N–H and O–H groups in total. The van der Waals surface area contributed by atoms with E-state index in [-0.39, 0.29) is 10.6 Å². The summed E-state index contributed by atoms with van der Waals surface area (Å²) in [5.41, 5.74) is 1.13. The van der Waals surface area contributed by atoms with E-state index in [2.05, 4.69) is 39.7 Å². The third-order valence-electron chi connectivity index (χ3n) is 3.56. The van der Waals surface area contributed by atoms with E-state index in [4.69, 9.17) is 0 Å². The summed E-state index contributed by atoms with van der Waals surface area (Å²) in [5, 5.41) is 10.9. The highest BCUT2D eigenvalue weighted by Gasteiger charge is 2.22. The second-order valence-electron chi connectivity index (χ2n) is 5.12. The zero-order valence-electron chi connectivity index (χ0n) is 11.2. The second kappa shape index (κ2) is 5.98. The Morgan fingerprint density at radius 1 is 1.47 bits per heavy atom. The van der Waals surface area contributed by atoms with Crippen molar-refractivity contribution in [3.05, 3.63) is 38.3 Å². The summed E-state index contributed by atoms with van der Waals surface area (Å²) in [7, 11) is 2.12. The Morgan fingerprint density at radius 3 is 2.84 bits per heavy atom. The van der Waals surface area contributed by atoms with Gasteiger partial charge in [-0.05, 0) is 41.5 Å². The van der Waals surface area contributed by atoms with Crippen LogP contribution >= 0.6 is 15.9 Å². The fraction of sp³-hybridized carbons (Fsp3) is 0.538. The van der Waals surface area contributed by atoms with Gasteiger partial charge in [-0.2, -0.15) is 0 Å². The van der Waals surface area contributed by atoms with Gasteiger partial charge < -0.3 is 4.90 Å². The van der Waals surface area contributed by atoms with Crippen molar-refractivity contribution in [2.24, 2.45) is 0 Å². The number of benzene rings is 1. The van der Waals surface area contributed by atoms with E-state index in [1.807, 2.05) is 6.07 Å². The molecule has 0 amide bonds. The largest absolute Gasteiger partial charge is 0.304 e. The van der Waals surface area contributed by atoms with Crippen LogP contribution in [-0.4, -0.2) is 47.4 Å². The summed E-state index contributed by atoms with van der Waals surface area (Å²) in [6.45, 7) is 6.05. The first-order valence-electron chi connectivity index (χ1n) is 6.33. The Hall–Kier alpha value is -0.980. The number of nitro benzene ring substituents is 1. The maximum absolute atomic E-state index is 10.9. The van der Waals surface area contributed by atoms with Crippen LogP contribution in [0.1, 0.15) is 12.5 Å². The number of likely N-dealkylation sites (N-methyl/N-ethyl adjacent to an activating group) is 1. The van der Waals surface area contributed by atoms with Gasteiger partial charge in [0, 0.05) is 38.3 Å². The molecule has 104 valence electrons. The molecule has 1 aliphatic rings. The molecule has 6 heteroatoms. The van der Waals surface area contributed by atoms with Crippen LogP contribution in [0, 0.1) is 10.1 Å². The topological polar surface area (TPSA) is 49.6 Å². The molecule has 1 aromatic carbocycles. The smallest absolute Gasteiger partial charge is 0.283 e. The molecule has 1 fully saturated rings. The lowest BCUT2D eigenvalue weighted by molar-refractivity contribution is -0.385. The van der Waals surface area contributed by atoms with Crippen LogP contribution in [0.15, 0.2) is 22.7 Å². The summed E-state index contributed by atoms with van der Waals surface area (Å²) < 4.78 is 0.535. The molecule has 2 rings (SSSR count).